The molecule has 20 heavy (non-hydrogen) atoms. The maximum Gasteiger partial charge on any atom is 0.139 e. The van der Waals surface area contributed by atoms with Gasteiger partial charge >= 0.3 is 0 Å². The summed E-state index contributed by atoms with van der Waals surface area (Å²) in [7, 11) is 0. The zero-order chi connectivity index (χ0) is 14.2. The van der Waals surface area contributed by atoms with Crippen LogP contribution >= 0.6 is 11.6 Å². The van der Waals surface area contributed by atoms with E-state index in [1.807, 2.05) is 0 Å². The lowest BCUT2D eigenvalue weighted by molar-refractivity contribution is 0.247. The molecule has 0 saturated heterocycles. The summed E-state index contributed by atoms with van der Waals surface area (Å²) in [6, 6.07) is 10.8. The Morgan fingerprint density at radius 3 is 2.40 bits per heavy atom. The highest BCUT2D eigenvalue weighted by Crippen LogP contribution is 2.15. The molecule has 0 spiro atoms. The first kappa shape index (κ1) is 14.2. The molecule has 0 amide bonds. The highest BCUT2D eigenvalue weighted by molar-refractivity contribution is 6.30. The second-order valence-corrected chi connectivity index (χ2v) is 4.46. The Morgan fingerprint density at radius 1 is 1.05 bits per heavy atom. The highest BCUT2D eigenvalue weighted by atomic mass is 35.5. The number of benzene rings is 1. The fourth-order valence-electron chi connectivity index (χ4n) is 1.54. The largest absolute Gasteiger partial charge is 0.493 e. The molecule has 102 valence electrons. The number of pyridine rings is 1. The van der Waals surface area contributed by atoms with E-state index < -0.39 is 0 Å². The number of hydrogen-bond acceptors (Lipinski definition) is 4. The van der Waals surface area contributed by atoms with E-state index >= 15 is 0 Å². The molecular weight excluding hydrogens is 276 g/mol. The van der Waals surface area contributed by atoms with Crippen LogP contribution in [0.4, 0.5) is 0 Å². The summed E-state index contributed by atoms with van der Waals surface area (Å²) >= 11 is 5.80. The van der Waals surface area contributed by atoms with Crippen molar-refractivity contribution in [2.75, 3.05) is 13.2 Å². The monoisotopic (exact) mass is 288 g/mol. The fourth-order valence-corrected chi connectivity index (χ4v) is 1.70. The Hall–Kier alpha value is -2.25. The fraction of sp³-hybridized carbons (Fsp3) is 0.200. The smallest absolute Gasteiger partial charge is 0.139 e. The Bertz CT molecular complexity index is 594. The normalized spacial score (nSPS) is 9.80. The predicted octanol–water partition coefficient (Wildman–Crippen LogP) is 3.45. The van der Waals surface area contributed by atoms with Crippen LogP contribution in [0.25, 0.3) is 0 Å². The molecule has 0 atom stereocenters. The van der Waals surface area contributed by atoms with Crippen LogP contribution in [-0.2, 0) is 0 Å². The molecule has 1 aromatic carbocycles. The van der Waals surface area contributed by atoms with Crippen LogP contribution < -0.4 is 9.47 Å². The van der Waals surface area contributed by atoms with Crippen LogP contribution in [0, 0.1) is 11.3 Å². The third-order valence-electron chi connectivity index (χ3n) is 2.49. The standard InChI is InChI=1S/C15H13ClN2O2/c16-13-8-15(11-18-10-13)20-7-1-6-19-14-4-2-12(9-17)3-5-14/h2-5,8,10-11H,1,6-7H2. The number of ether oxygens (including phenoxy) is 2. The average molecular weight is 289 g/mol. The third kappa shape index (κ3) is 4.45. The first-order valence-corrected chi connectivity index (χ1v) is 6.52. The molecule has 0 radical (unpaired) electrons. The SMILES string of the molecule is N#Cc1ccc(OCCCOc2cncc(Cl)c2)cc1. The van der Waals surface area contributed by atoms with Crippen LogP contribution in [0.5, 0.6) is 11.5 Å². The summed E-state index contributed by atoms with van der Waals surface area (Å²) in [6.45, 7) is 1.07. The van der Waals surface area contributed by atoms with Gasteiger partial charge in [0, 0.05) is 18.7 Å². The van der Waals surface area contributed by atoms with Crippen LogP contribution in [0.3, 0.4) is 0 Å². The highest BCUT2D eigenvalue weighted by Gasteiger charge is 1.97. The molecule has 0 saturated carbocycles. The summed E-state index contributed by atoms with van der Waals surface area (Å²) in [5.41, 5.74) is 0.620. The maximum atomic E-state index is 8.68. The van der Waals surface area contributed by atoms with Crippen molar-refractivity contribution in [2.24, 2.45) is 0 Å². The van der Waals surface area contributed by atoms with Gasteiger partial charge in [0.15, 0.2) is 0 Å². The zero-order valence-corrected chi connectivity index (χ0v) is 11.5. The Balaban J connectivity index is 1.67. The van der Waals surface area contributed by atoms with Gasteiger partial charge in [0.2, 0.25) is 0 Å². The predicted molar refractivity (Wildman–Crippen MR) is 76.0 cm³/mol. The lowest BCUT2D eigenvalue weighted by atomic mass is 10.2. The molecule has 0 aliphatic heterocycles. The lowest BCUT2D eigenvalue weighted by Gasteiger charge is -2.08. The van der Waals surface area contributed by atoms with Gasteiger partial charge in [-0.15, -0.1) is 0 Å². The second kappa shape index (κ2) is 7.37. The molecule has 0 fully saturated rings. The van der Waals surface area contributed by atoms with Gasteiger partial charge in [-0.3, -0.25) is 4.98 Å². The van der Waals surface area contributed by atoms with Gasteiger partial charge in [-0.25, -0.2) is 0 Å². The lowest BCUT2D eigenvalue weighted by Crippen LogP contribution is -2.05. The van der Waals surface area contributed by atoms with Gasteiger partial charge in [-0.05, 0) is 24.3 Å². The Morgan fingerprint density at radius 2 is 1.75 bits per heavy atom. The van der Waals surface area contributed by atoms with Crippen LogP contribution in [0.15, 0.2) is 42.7 Å². The molecule has 0 unspecified atom stereocenters. The van der Waals surface area contributed by atoms with Crippen molar-refractivity contribution in [3.8, 4) is 17.6 Å². The molecule has 0 N–H and O–H groups in total. The molecule has 2 aromatic rings. The first-order chi connectivity index (χ1) is 9.78. The van der Waals surface area contributed by atoms with Crippen LogP contribution in [0.2, 0.25) is 5.02 Å². The summed E-state index contributed by atoms with van der Waals surface area (Å²) in [6.07, 6.45) is 3.92. The van der Waals surface area contributed by atoms with E-state index in [0.29, 0.717) is 29.5 Å². The zero-order valence-electron chi connectivity index (χ0n) is 10.8. The number of halogens is 1. The molecular formula is C15H13ClN2O2. The van der Waals surface area contributed by atoms with E-state index in [4.69, 9.17) is 26.3 Å². The first-order valence-electron chi connectivity index (χ1n) is 6.14. The summed E-state index contributed by atoms with van der Waals surface area (Å²) in [5, 5.41) is 9.23. The number of nitriles is 1. The van der Waals surface area contributed by atoms with Gasteiger partial charge in [0.25, 0.3) is 0 Å². The minimum Gasteiger partial charge on any atom is -0.493 e. The summed E-state index contributed by atoms with van der Waals surface area (Å²) in [5.74, 6) is 1.39. The van der Waals surface area contributed by atoms with E-state index in [0.717, 1.165) is 12.2 Å². The summed E-state index contributed by atoms with van der Waals surface area (Å²) < 4.78 is 11.0. The maximum absolute atomic E-state index is 8.68. The molecule has 0 aliphatic rings. The third-order valence-corrected chi connectivity index (χ3v) is 2.70. The van der Waals surface area contributed by atoms with E-state index in [1.165, 1.54) is 0 Å². The van der Waals surface area contributed by atoms with Crippen molar-refractivity contribution in [1.29, 1.82) is 5.26 Å². The van der Waals surface area contributed by atoms with Gasteiger partial charge in [0.1, 0.15) is 11.5 Å². The number of rotatable bonds is 6. The number of aromatic nitrogens is 1. The van der Waals surface area contributed by atoms with Crippen molar-refractivity contribution >= 4 is 11.6 Å². The van der Waals surface area contributed by atoms with Crippen molar-refractivity contribution in [3.05, 3.63) is 53.3 Å². The van der Waals surface area contributed by atoms with Gasteiger partial charge in [-0.2, -0.15) is 5.26 Å². The Kier molecular flexibility index (Phi) is 5.22. The van der Waals surface area contributed by atoms with E-state index in [9.17, 15) is 0 Å². The molecule has 0 aliphatic carbocycles. The summed E-state index contributed by atoms with van der Waals surface area (Å²) in [4.78, 5) is 3.93. The van der Waals surface area contributed by atoms with Crippen molar-refractivity contribution in [2.45, 2.75) is 6.42 Å². The molecule has 4 nitrogen and oxygen atoms in total. The molecule has 1 aromatic heterocycles. The van der Waals surface area contributed by atoms with Crippen molar-refractivity contribution in [1.82, 2.24) is 4.98 Å². The number of nitrogens with zero attached hydrogens (tertiary/aromatic N) is 2. The van der Waals surface area contributed by atoms with Crippen LogP contribution in [-0.4, -0.2) is 18.2 Å². The van der Waals surface area contributed by atoms with Gasteiger partial charge < -0.3 is 9.47 Å². The average Bonchev–Trinajstić information content (AvgIpc) is 2.48. The quantitative estimate of drug-likeness (QED) is 0.764. The van der Waals surface area contributed by atoms with Crippen molar-refractivity contribution in [3.63, 3.8) is 0 Å². The molecule has 2 rings (SSSR count). The van der Waals surface area contributed by atoms with Gasteiger partial charge in [0.05, 0.1) is 36.1 Å². The molecule has 5 heteroatoms. The Labute approximate surface area is 122 Å². The molecule has 0 bridgehead atoms. The number of hydrogen-bond donors (Lipinski definition) is 0. The minimum absolute atomic E-state index is 0.526. The minimum atomic E-state index is 0.526. The van der Waals surface area contributed by atoms with Crippen LogP contribution in [0.1, 0.15) is 12.0 Å². The second-order valence-electron chi connectivity index (χ2n) is 4.03. The van der Waals surface area contributed by atoms with Crippen molar-refractivity contribution < 1.29 is 9.47 Å². The van der Waals surface area contributed by atoms with E-state index in [2.05, 4.69) is 11.1 Å². The topological polar surface area (TPSA) is 55.1 Å². The molecule has 1 heterocycles. The van der Waals surface area contributed by atoms with Gasteiger partial charge in [-0.1, -0.05) is 11.6 Å². The van der Waals surface area contributed by atoms with E-state index in [1.54, 1.807) is 42.7 Å². The van der Waals surface area contributed by atoms with E-state index in [-0.39, 0.29) is 0 Å².